The summed E-state index contributed by atoms with van der Waals surface area (Å²) in [5.74, 6) is 0.402. The smallest absolute Gasteiger partial charge is 0.224 e. The van der Waals surface area contributed by atoms with Crippen LogP contribution in [-0.4, -0.2) is 43.6 Å². The van der Waals surface area contributed by atoms with Gasteiger partial charge in [-0.1, -0.05) is 20.8 Å². The number of hydrogen-bond donors (Lipinski definition) is 2. The number of carbonyl (C=O) groups is 1. The van der Waals surface area contributed by atoms with Gasteiger partial charge in [0, 0.05) is 19.0 Å². The molecule has 2 fully saturated rings. The number of likely N-dealkylation sites (tertiary alicyclic amines) is 1. The minimum Gasteiger partial charge on any atom is -0.338 e. The lowest BCUT2D eigenvalue weighted by Crippen LogP contribution is -2.47. The molecule has 4 atom stereocenters. The van der Waals surface area contributed by atoms with Crippen LogP contribution in [0.5, 0.6) is 0 Å². The molecule has 1 saturated heterocycles. The Kier molecular flexibility index (Phi) is 3.90. The molecule has 1 heterocycles. The van der Waals surface area contributed by atoms with Gasteiger partial charge in [0.2, 0.25) is 15.9 Å². The molecule has 0 spiro atoms. The number of hydrogen-bond acceptors (Lipinski definition) is 4. The van der Waals surface area contributed by atoms with Gasteiger partial charge in [-0.25, -0.2) is 13.6 Å². The van der Waals surface area contributed by atoms with E-state index in [1.807, 2.05) is 0 Å². The maximum atomic E-state index is 12.2. The second kappa shape index (κ2) is 4.96. The van der Waals surface area contributed by atoms with E-state index >= 15 is 0 Å². The summed E-state index contributed by atoms with van der Waals surface area (Å²) >= 11 is 0. The van der Waals surface area contributed by atoms with Crippen molar-refractivity contribution < 1.29 is 13.2 Å². The van der Waals surface area contributed by atoms with Crippen molar-refractivity contribution in [1.82, 2.24) is 4.90 Å². The van der Waals surface area contributed by atoms with Gasteiger partial charge in [0.1, 0.15) is 5.25 Å². The predicted molar refractivity (Wildman–Crippen MR) is 77.1 cm³/mol. The Morgan fingerprint density at radius 1 is 1.40 bits per heavy atom. The zero-order valence-electron chi connectivity index (χ0n) is 12.4. The van der Waals surface area contributed by atoms with Crippen molar-refractivity contribution in [2.45, 2.75) is 44.9 Å². The molecule has 7 heteroatoms. The lowest BCUT2D eigenvalue weighted by atomic mass is 9.80. The highest BCUT2D eigenvalue weighted by atomic mass is 32.2. The number of primary sulfonamides is 1. The van der Waals surface area contributed by atoms with Crippen molar-refractivity contribution in [1.29, 1.82) is 0 Å². The van der Waals surface area contributed by atoms with Crippen molar-refractivity contribution in [2.24, 2.45) is 28.1 Å². The van der Waals surface area contributed by atoms with Crippen LogP contribution >= 0.6 is 0 Å². The molecule has 1 amide bonds. The normalized spacial score (nSPS) is 37.6. The minimum atomic E-state index is -3.66. The first-order valence-corrected chi connectivity index (χ1v) is 8.70. The van der Waals surface area contributed by atoms with Crippen molar-refractivity contribution >= 4 is 15.9 Å². The van der Waals surface area contributed by atoms with Crippen molar-refractivity contribution in [3.63, 3.8) is 0 Å². The number of rotatable bonds is 3. The van der Waals surface area contributed by atoms with E-state index in [0.29, 0.717) is 12.5 Å². The molecule has 116 valence electrons. The third-order valence-corrected chi connectivity index (χ3v) is 6.29. The maximum absolute atomic E-state index is 12.2. The molecular weight excluding hydrogens is 278 g/mol. The number of sulfonamides is 1. The Bertz CT molecular complexity index is 503. The van der Waals surface area contributed by atoms with Crippen LogP contribution in [0.2, 0.25) is 0 Å². The maximum Gasteiger partial charge on any atom is 0.224 e. The minimum absolute atomic E-state index is 0.000225. The molecule has 0 aromatic heterocycles. The topological polar surface area (TPSA) is 106 Å². The third-order valence-electron chi connectivity index (χ3n) is 5.05. The van der Waals surface area contributed by atoms with E-state index in [0.717, 1.165) is 6.42 Å². The van der Waals surface area contributed by atoms with Crippen molar-refractivity contribution in [3.05, 3.63) is 0 Å². The molecule has 6 nitrogen and oxygen atoms in total. The lowest BCUT2D eigenvalue weighted by Gasteiger charge is -2.35. The first kappa shape index (κ1) is 15.7. The summed E-state index contributed by atoms with van der Waals surface area (Å²) in [7, 11) is -3.66. The highest BCUT2D eigenvalue weighted by Gasteiger charge is 2.51. The van der Waals surface area contributed by atoms with Crippen LogP contribution in [0.25, 0.3) is 0 Å². The molecule has 4 N–H and O–H groups in total. The molecule has 1 saturated carbocycles. The molecule has 0 aromatic carbocycles. The number of nitrogens with zero attached hydrogens (tertiary/aromatic N) is 1. The summed E-state index contributed by atoms with van der Waals surface area (Å²) in [5.41, 5.74) is 5.98. The van der Waals surface area contributed by atoms with Crippen LogP contribution in [0.1, 0.15) is 33.6 Å². The molecule has 0 aromatic rings. The Labute approximate surface area is 120 Å². The summed E-state index contributed by atoms with van der Waals surface area (Å²) in [5, 5.41) is 4.41. The fraction of sp³-hybridized carbons (Fsp3) is 0.923. The largest absolute Gasteiger partial charge is 0.338 e. The lowest BCUT2D eigenvalue weighted by molar-refractivity contribution is -0.131. The molecule has 2 rings (SSSR count). The van der Waals surface area contributed by atoms with Gasteiger partial charge < -0.3 is 10.6 Å². The van der Waals surface area contributed by atoms with Gasteiger partial charge in [0.25, 0.3) is 0 Å². The Morgan fingerprint density at radius 3 is 2.45 bits per heavy atom. The van der Waals surface area contributed by atoms with E-state index in [1.165, 1.54) is 0 Å². The van der Waals surface area contributed by atoms with Gasteiger partial charge >= 0.3 is 0 Å². The second-order valence-corrected chi connectivity index (χ2v) is 8.81. The van der Waals surface area contributed by atoms with Crippen LogP contribution in [0.3, 0.4) is 0 Å². The highest BCUT2D eigenvalue weighted by Crippen LogP contribution is 2.48. The molecule has 0 radical (unpaired) electrons. The van der Waals surface area contributed by atoms with Crippen LogP contribution in [-0.2, 0) is 14.8 Å². The van der Waals surface area contributed by atoms with Gasteiger partial charge in [-0.05, 0) is 30.2 Å². The van der Waals surface area contributed by atoms with E-state index in [-0.39, 0.29) is 36.2 Å². The third kappa shape index (κ3) is 2.58. The SMILES string of the molecule is CC1CC(C)(C)C(CN)C1N1CC(S(N)(=O)=O)CC1=O. The zero-order valence-corrected chi connectivity index (χ0v) is 13.2. The quantitative estimate of drug-likeness (QED) is 0.758. The summed E-state index contributed by atoms with van der Waals surface area (Å²) in [4.78, 5) is 13.9. The summed E-state index contributed by atoms with van der Waals surface area (Å²) in [6.45, 7) is 7.15. The average Bonchev–Trinajstić information content (AvgIpc) is 2.75. The summed E-state index contributed by atoms with van der Waals surface area (Å²) < 4.78 is 22.9. The molecule has 1 aliphatic carbocycles. The number of amides is 1. The molecular formula is C13H25N3O3S. The molecule has 20 heavy (non-hydrogen) atoms. The van der Waals surface area contributed by atoms with E-state index in [1.54, 1.807) is 4.90 Å². The molecule has 2 aliphatic rings. The highest BCUT2D eigenvalue weighted by molar-refractivity contribution is 7.89. The molecule has 0 bridgehead atoms. The van der Waals surface area contributed by atoms with Crippen molar-refractivity contribution in [3.8, 4) is 0 Å². The fourth-order valence-corrected chi connectivity index (χ4v) is 4.89. The summed E-state index contributed by atoms with van der Waals surface area (Å²) in [6.07, 6.45) is 0.989. The number of nitrogens with two attached hydrogens (primary N) is 2. The van der Waals surface area contributed by atoms with Crippen LogP contribution in [0.4, 0.5) is 0 Å². The van der Waals surface area contributed by atoms with E-state index in [9.17, 15) is 13.2 Å². The van der Waals surface area contributed by atoms with Gasteiger partial charge in [-0.3, -0.25) is 4.79 Å². The van der Waals surface area contributed by atoms with E-state index in [2.05, 4.69) is 20.8 Å². The second-order valence-electron chi connectivity index (χ2n) is 6.96. The van der Waals surface area contributed by atoms with Gasteiger partial charge in [0.05, 0.1) is 0 Å². The number of carbonyl (C=O) groups excluding carboxylic acids is 1. The van der Waals surface area contributed by atoms with E-state index < -0.39 is 15.3 Å². The van der Waals surface area contributed by atoms with Crippen LogP contribution in [0, 0.1) is 17.3 Å². The zero-order chi connectivity index (χ0) is 15.3. The summed E-state index contributed by atoms with van der Waals surface area (Å²) in [6, 6.07) is 0.0225. The standard InChI is InChI=1S/C13H25N3O3S/c1-8-5-13(2,3)10(6-14)12(8)16-7-9(4-11(16)17)20(15,18)19/h8-10,12H,4-7,14H2,1-3H3,(H2,15,18,19). The Hall–Kier alpha value is -0.660. The first-order valence-electron chi connectivity index (χ1n) is 7.09. The van der Waals surface area contributed by atoms with Gasteiger partial charge in [0.15, 0.2) is 0 Å². The van der Waals surface area contributed by atoms with Gasteiger partial charge in [-0.2, -0.15) is 0 Å². The fourth-order valence-electron chi connectivity index (χ4n) is 4.15. The Morgan fingerprint density at radius 2 is 2.00 bits per heavy atom. The molecule has 1 aliphatic heterocycles. The monoisotopic (exact) mass is 303 g/mol. The average molecular weight is 303 g/mol. The van der Waals surface area contributed by atoms with E-state index in [4.69, 9.17) is 10.9 Å². The van der Waals surface area contributed by atoms with Crippen LogP contribution in [0.15, 0.2) is 0 Å². The molecule has 4 unspecified atom stereocenters. The first-order chi connectivity index (χ1) is 9.08. The Balaban J connectivity index is 2.25. The van der Waals surface area contributed by atoms with Crippen molar-refractivity contribution in [2.75, 3.05) is 13.1 Å². The van der Waals surface area contributed by atoms with Gasteiger partial charge in [-0.15, -0.1) is 0 Å². The predicted octanol–water partition coefficient (Wildman–Crippen LogP) is -0.115. The van der Waals surface area contributed by atoms with Crippen LogP contribution < -0.4 is 10.9 Å².